The summed E-state index contributed by atoms with van der Waals surface area (Å²) in [5, 5.41) is 12.6. The zero-order chi connectivity index (χ0) is 17.0. The van der Waals surface area contributed by atoms with Gasteiger partial charge in [0.05, 0.1) is 0 Å². The molecule has 1 fully saturated rings. The van der Waals surface area contributed by atoms with E-state index in [4.69, 9.17) is 0 Å². The van der Waals surface area contributed by atoms with Crippen molar-refractivity contribution in [1.29, 1.82) is 0 Å². The lowest BCUT2D eigenvalue weighted by molar-refractivity contribution is 0.0542. The Hall–Kier alpha value is -1.75. The fourth-order valence-electron chi connectivity index (χ4n) is 3.07. The third-order valence-corrected chi connectivity index (χ3v) is 5.16. The van der Waals surface area contributed by atoms with Gasteiger partial charge < -0.3 is 20.2 Å². The lowest BCUT2D eigenvalue weighted by Gasteiger charge is -2.40. The van der Waals surface area contributed by atoms with Crippen LogP contribution in [0.3, 0.4) is 0 Å². The highest BCUT2D eigenvalue weighted by atomic mass is 16.3. The molecule has 0 spiro atoms. The van der Waals surface area contributed by atoms with Gasteiger partial charge in [-0.05, 0) is 55.4 Å². The number of benzene rings is 1. The summed E-state index contributed by atoms with van der Waals surface area (Å²) in [5.74, 6) is 0. The van der Waals surface area contributed by atoms with Crippen LogP contribution in [0.5, 0.6) is 0 Å². The van der Waals surface area contributed by atoms with Crippen LogP contribution >= 0.6 is 0 Å². The van der Waals surface area contributed by atoms with Crippen molar-refractivity contribution in [3.05, 3.63) is 23.8 Å². The number of carbonyl (C=O) groups is 1. The summed E-state index contributed by atoms with van der Waals surface area (Å²) in [7, 11) is 4.00. The summed E-state index contributed by atoms with van der Waals surface area (Å²) in [6.07, 6.45) is 2.70. The smallest absolute Gasteiger partial charge is 0.321 e. The third-order valence-electron chi connectivity index (χ3n) is 5.16. The molecule has 1 saturated heterocycles. The van der Waals surface area contributed by atoms with E-state index in [1.807, 2.05) is 43.0 Å². The number of nitrogens with one attached hydrogen (secondary N) is 1. The van der Waals surface area contributed by atoms with Crippen molar-refractivity contribution in [3.8, 4) is 0 Å². The minimum Gasteiger partial charge on any atom is -0.396 e. The maximum absolute atomic E-state index is 12.5. The SMILES string of the molecule is CCC1(CO)CCN(C(=O)Nc2ccc(N(C)C)cc2C)CC1. The monoisotopic (exact) mass is 319 g/mol. The van der Waals surface area contributed by atoms with E-state index in [-0.39, 0.29) is 18.1 Å². The average molecular weight is 319 g/mol. The number of piperidine rings is 1. The molecule has 0 radical (unpaired) electrons. The second-order valence-corrected chi connectivity index (χ2v) is 6.82. The van der Waals surface area contributed by atoms with Crippen LogP contribution < -0.4 is 10.2 Å². The summed E-state index contributed by atoms with van der Waals surface area (Å²) < 4.78 is 0. The van der Waals surface area contributed by atoms with E-state index in [1.165, 1.54) is 0 Å². The molecule has 0 aromatic heterocycles. The second-order valence-electron chi connectivity index (χ2n) is 6.82. The Bertz CT molecular complexity index is 543. The van der Waals surface area contributed by atoms with Gasteiger partial charge in [-0.1, -0.05) is 6.92 Å². The number of hydrogen-bond donors (Lipinski definition) is 2. The van der Waals surface area contributed by atoms with Crippen LogP contribution in [-0.4, -0.2) is 49.8 Å². The Labute approximate surface area is 139 Å². The van der Waals surface area contributed by atoms with Crippen LogP contribution in [0.25, 0.3) is 0 Å². The van der Waals surface area contributed by atoms with E-state index in [0.29, 0.717) is 13.1 Å². The molecule has 2 amide bonds. The third kappa shape index (κ3) is 3.96. The van der Waals surface area contributed by atoms with Crippen LogP contribution in [0.4, 0.5) is 16.2 Å². The standard InChI is InChI=1S/C18H29N3O2/c1-5-18(13-22)8-10-21(11-9-18)17(23)19-16-7-6-15(20(3)4)12-14(16)2/h6-7,12,22H,5,8-11,13H2,1-4H3,(H,19,23). The molecular weight excluding hydrogens is 290 g/mol. The van der Waals surface area contributed by atoms with Crippen molar-refractivity contribution < 1.29 is 9.90 Å². The summed E-state index contributed by atoms with van der Waals surface area (Å²) in [6.45, 7) is 5.74. The van der Waals surface area contributed by atoms with Crippen molar-refractivity contribution in [2.24, 2.45) is 5.41 Å². The summed E-state index contributed by atoms with van der Waals surface area (Å²) in [4.78, 5) is 16.4. The molecular formula is C18H29N3O2. The van der Waals surface area contributed by atoms with Gasteiger partial charge in [0.2, 0.25) is 0 Å². The van der Waals surface area contributed by atoms with Gasteiger partial charge in [0, 0.05) is 45.2 Å². The molecule has 0 unspecified atom stereocenters. The molecule has 1 aliphatic heterocycles. The van der Waals surface area contributed by atoms with E-state index < -0.39 is 0 Å². The number of aliphatic hydroxyl groups excluding tert-OH is 1. The van der Waals surface area contributed by atoms with Crippen LogP contribution in [0.15, 0.2) is 18.2 Å². The lowest BCUT2D eigenvalue weighted by Crippen LogP contribution is -2.46. The highest BCUT2D eigenvalue weighted by molar-refractivity contribution is 5.90. The van der Waals surface area contributed by atoms with Crippen molar-refractivity contribution >= 4 is 17.4 Å². The fourth-order valence-corrected chi connectivity index (χ4v) is 3.07. The van der Waals surface area contributed by atoms with Crippen LogP contribution in [0.2, 0.25) is 0 Å². The lowest BCUT2D eigenvalue weighted by atomic mass is 9.77. The summed E-state index contributed by atoms with van der Waals surface area (Å²) >= 11 is 0. The topological polar surface area (TPSA) is 55.8 Å². The molecule has 1 aromatic rings. The van der Waals surface area contributed by atoms with E-state index in [2.05, 4.69) is 18.3 Å². The molecule has 128 valence electrons. The van der Waals surface area contributed by atoms with Crippen molar-refractivity contribution in [1.82, 2.24) is 4.90 Å². The number of aliphatic hydroxyl groups is 1. The molecule has 5 nitrogen and oxygen atoms in total. The molecule has 5 heteroatoms. The zero-order valence-electron chi connectivity index (χ0n) is 14.7. The molecule has 1 aliphatic rings. The summed E-state index contributed by atoms with van der Waals surface area (Å²) in [5.41, 5.74) is 3.03. The first-order chi connectivity index (χ1) is 10.9. The molecule has 0 atom stereocenters. The van der Waals surface area contributed by atoms with Gasteiger partial charge in [-0.15, -0.1) is 0 Å². The van der Waals surface area contributed by atoms with E-state index in [9.17, 15) is 9.90 Å². The van der Waals surface area contributed by atoms with Crippen molar-refractivity contribution in [2.75, 3.05) is 44.0 Å². The number of anilines is 2. The normalized spacial score (nSPS) is 17.0. The van der Waals surface area contributed by atoms with Crippen LogP contribution in [0.1, 0.15) is 31.7 Å². The van der Waals surface area contributed by atoms with Gasteiger partial charge in [-0.3, -0.25) is 0 Å². The molecule has 23 heavy (non-hydrogen) atoms. The van der Waals surface area contributed by atoms with E-state index in [0.717, 1.165) is 36.2 Å². The fraction of sp³-hybridized carbons (Fsp3) is 0.611. The molecule has 1 heterocycles. The van der Waals surface area contributed by atoms with E-state index in [1.54, 1.807) is 0 Å². The minimum absolute atomic E-state index is 0.0000552. The largest absolute Gasteiger partial charge is 0.396 e. The maximum atomic E-state index is 12.5. The van der Waals surface area contributed by atoms with Gasteiger partial charge >= 0.3 is 6.03 Å². The Kier molecular flexibility index (Phi) is 5.52. The highest BCUT2D eigenvalue weighted by Crippen LogP contribution is 2.34. The molecule has 0 aliphatic carbocycles. The quantitative estimate of drug-likeness (QED) is 0.897. The predicted molar refractivity (Wildman–Crippen MR) is 95.1 cm³/mol. The molecule has 0 bridgehead atoms. The van der Waals surface area contributed by atoms with Crippen LogP contribution in [-0.2, 0) is 0 Å². The zero-order valence-corrected chi connectivity index (χ0v) is 14.7. The number of aryl methyl sites for hydroxylation is 1. The number of nitrogens with zero attached hydrogens (tertiary/aromatic N) is 2. The summed E-state index contributed by atoms with van der Waals surface area (Å²) in [6, 6.07) is 5.98. The van der Waals surface area contributed by atoms with E-state index >= 15 is 0 Å². The Morgan fingerprint density at radius 1 is 1.35 bits per heavy atom. The van der Waals surface area contributed by atoms with Crippen molar-refractivity contribution in [2.45, 2.75) is 33.1 Å². The number of hydrogen-bond acceptors (Lipinski definition) is 3. The Balaban J connectivity index is 1.98. The number of rotatable bonds is 4. The minimum atomic E-state index is -0.0478. The van der Waals surface area contributed by atoms with Crippen molar-refractivity contribution in [3.63, 3.8) is 0 Å². The molecule has 0 saturated carbocycles. The number of likely N-dealkylation sites (tertiary alicyclic amines) is 1. The van der Waals surface area contributed by atoms with Gasteiger partial charge in [-0.25, -0.2) is 4.79 Å². The first-order valence-electron chi connectivity index (χ1n) is 8.35. The van der Waals surface area contributed by atoms with Gasteiger partial charge in [0.1, 0.15) is 0 Å². The van der Waals surface area contributed by atoms with Gasteiger partial charge in [0.25, 0.3) is 0 Å². The Morgan fingerprint density at radius 2 is 2.00 bits per heavy atom. The molecule has 2 N–H and O–H groups in total. The number of amides is 2. The first-order valence-corrected chi connectivity index (χ1v) is 8.35. The molecule has 1 aromatic carbocycles. The Morgan fingerprint density at radius 3 is 2.48 bits per heavy atom. The average Bonchev–Trinajstić information content (AvgIpc) is 2.56. The van der Waals surface area contributed by atoms with Gasteiger partial charge in [0.15, 0.2) is 0 Å². The maximum Gasteiger partial charge on any atom is 0.321 e. The van der Waals surface area contributed by atoms with Crippen LogP contribution in [0, 0.1) is 12.3 Å². The highest BCUT2D eigenvalue weighted by Gasteiger charge is 2.33. The first kappa shape index (κ1) is 17.6. The van der Waals surface area contributed by atoms with Gasteiger partial charge in [-0.2, -0.15) is 0 Å². The number of urea groups is 1. The predicted octanol–water partition coefficient (Wildman–Crippen LogP) is 3.08. The number of carbonyl (C=O) groups excluding carboxylic acids is 1. The molecule has 2 rings (SSSR count). The second kappa shape index (κ2) is 7.21.